The summed E-state index contributed by atoms with van der Waals surface area (Å²) in [5.41, 5.74) is 1.30. The summed E-state index contributed by atoms with van der Waals surface area (Å²) in [5.74, 6) is 0.351. The summed E-state index contributed by atoms with van der Waals surface area (Å²) < 4.78 is 0. The molecule has 1 aliphatic carbocycles. The molecule has 0 aliphatic heterocycles. The van der Waals surface area contributed by atoms with E-state index in [0.717, 1.165) is 12.8 Å². The van der Waals surface area contributed by atoms with Crippen LogP contribution in [-0.4, -0.2) is 29.8 Å². The van der Waals surface area contributed by atoms with Crippen molar-refractivity contribution in [2.24, 2.45) is 5.92 Å². The molecule has 1 N–H and O–H groups in total. The Kier molecular flexibility index (Phi) is 5.75. The minimum Gasteiger partial charge on any atom is -0.339 e. The predicted molar refractivity (Wildman–Crippen MR) is 88.8 cm³/mol. The Labute approximate surface area is 132 Å². The number of nitrogens with zero attached hydrogens (tertiary/aromatic N) is 1. The molecule has 0 bridgehead atoms. The minimum atomic E-state index is -0.000162. The van der Waals surface area contributed by atoms with E-state index in [1.807, 2.05) is 26.0 Å². The van der Waals surface area contributed by atoms with Gasteiger partial charge in [0.05, 0.1) is 0 Å². The second-order valence-electron chi connectivity index (χ2n) is 5.58. The Morgan fingerprint density at radius 3 is 2.68 bits per heavy atom. The van der Waals surface area contributed by atoms with Crippen molar-refractivity contribution in [3.8, 4) is 0 Å². The third-order valence-corrected chi connectivity index (χ3v) is 4.00. The Morgan fingerprint density at radius 1 is 1.27 bits per heavy atom. The Hall–Kier alpha value is -2.10. The smallest absolute Gasteiger partial charge is 0.253 e. The van der Waals surface area contributed by atoms with Crippen molar-refractivity contribution in [3.05, 3.63) is 42.0 Å². The van der Waals surface area contributed by atoms with Gasteiger partial charge in [0.2, 0.25) is 5.91 Å². The largest absolute Gasteiger partial charge is 0.339 e. The van der Waals surface area contributed by atoms with Gasteiger partial charge in [0, 0.05) is 30.8 Å². The lowest BCUT2D eigenvalue weighted by Gasteiger charge is -2.19. The lowest BCUT2D eigenvalue weighted by molar-refractivity contribution is -0.116. The number of benzene rings is 1. The first-order valence-electron chi connectivity index (χ1n) is 7.99. The SMILES string of the molecule is CCN(CC)C(=O)c1cccc(NC(=O)CC2C=CCC2)c1. The number of hydrogen-bond acceptors (Lipinski definition) is 2. The molecule has 4 nitrogen and oxygen atoms in total. The van der Waals surface area contributed by atoms with Gasteiger partial charge >= 0.3 is 0 Å². The zero-order chi connectivity index (χ0) is 15.9. The number of carbonyl (C=O) groups is 2. The first-order valence-corrected chi connectivity index (χ1v) is 7.99. The van der Waals surface area contributed by atoms with Gasteiger partial charge in [-0.2, -0.15) is 0 Å². The molecule has 1 aliphatic rings. The summed E-state index contributed by atoms with van der Waals surface area (Å²) >= 11 is 0. The molecule has 2 amide bonds. The van der Waals surface area contributed by atoms with Crippen LogP contribution in [0.4, 0.5) is 5.69 Å². The van der Waals surface area contributed by atoms with Gasteiger partial charge in [0.15, 0.2) is 0 Å². The van der Waals surface area contributed by atoms with Crippen LogP contribution in [0.1, 0.15) is 43.5 Å². The van der Waals surface area contributed by atoms with E-state index < -0.39 is 0 Å². The maximum Gasteiger partial charge on any atom is 0.253 e. The van der Waals surface area contributed by atoms with Crippen molar-refractivity contribution in [2.45, 2.75) is 33.1 Å². The standard InChI is InChI=1S/C18H24N2O2/c1-3-20(4-2)18(22)15-10-7-11-16(13-15)19-17(21)12-14-8-5-6-9-14/h5,7-8,10-11,13-14H,3-4,6,9,12H2,1-2H3,(H,19,21). The normalized spacial score (nSPS) is 16.5. The quantitative estimate of drug-likeness (QED) is 0.818. The number of hydrogen-bond donors (Lipinski definition) is 1. The van der Waals surface area contributed by atoms with Crippen LogP contribution in [0.25, 0.3) is 0 Å². The van der Waals surface area contributed by atoms with Crippen molar-refractivity contribution in [1.29, 1.82) is 0 Å². The third-order valence-electron chi connectivity index (χ3n) is 4.00. The highest BCUT2D eigenvalue weighted by Crippen LogP contribution is 2.21. The molecule has 1 aromatic rings. The van der Waals surface area contributed by atoms with Crippen LogP contribution in [0.15, 0.2) is 36.4 Å². The number of allylic oxidation sites excluding steroid dienone is 2. The van der Waals surface area contributed by atoms with Gasteiger partial charge in [-0.3, -0.25) is 9.59 Å². The fourth-order valence-corrected chi connectivity index (χ4v) is 2.74. The van der Waals surface area contributed by atoms with E-state index in [-0.39, 0.29) is 11.8 Å². The molecule has 1 atom stereocenters. The summed E-state index contributed by atoms with van der Waals surface area (Å²) in [4.78, 5) is 26.2. The van der Waals surface area contributed by atoms with Crippen LogP contribution in [0.3, 0.4) is 0 Å². The van der Waals surface area contributed by atoms with Gasteiger partial charge in [-0.05, 0) is 50.8 Å². The van der Waals surface area contributed by atoms with Gasteiger partial charge in [0.1, 0.15) is 0 Å². The molecule has 0 saturated heterocycles. The van der Waals surface area contributed by atoms with Crippen LogP contribution >= 0.6 is 0 Å². The molecule has 0 fully saturated rings. The van der Waals surface area contributed by atoms with Crippen LogP contribution in [0.2, 0.25) is 0 Å². The molecule has 22 heavy (non-hydrogen) atoms. The molecule has 0 spiro atoms. The van der Waals surface area contributed by atoms with Crippen LogP contribution < -0.4 is 5.32 Å². The van der Waals surface area contributed by atoms with Gasteiger partial charge in [-0.15, -0.1) is 0 Å². The lowest BCUT2D eigenvalue weighted by atomic mass is 10.0. The molecule has 4 heteroatoms. The summed E-state index contributed by atoms with van der Waals surface area (Å²) in [5, 5.41) is 2.90. The highest BCUT2D eigenvalue weighted by molar-refractivity contribution is 5.97. The summed E-state index contributed by atoms with van der Waals surface area (Å²) in [6.45, 7) is 5.28. The fraction of sp³-hybridized carbons (Fsp3) is 0.444. The van der Waals surface area contributed by atoms with E-state index in [1.54, 1.807) is 17.0 Å². The minimum absolute atomic E-state index is 0.000162. The van der Waals surface area contributed by atoms with E-state index in [9.17, 15) is 9.59 Å². The Morgan fingerprint density at radius 2 is 2.05 bits per heavy atom. The first kappa shape index (κ1) is 16.3. The predicted octanol–water partition coefficient (Wildman–Crippen LogP) is 3.46. The average Bonchev–Trinajstić information content (AvgIpc) is 3.01. The lowest BCUT2D eigenvalue weighted by Crippen LogP contribution is -2.30. The summed E-state index contributed by atoms with van der Waals surface area (Å²) in [6.07, 6.45) is 6.85. The van der Waals surface area contributed by atoms with Crippen LogP contribution in [-0.2, 0) is 4.79 Å². The van der Waals surface area contributed by atoms with E-state index in [0.29, 0.717) is 36.7 Å². The number of nitrogens with one attached hydrogen (secondary N) is 1. The topological polar surface area (TPSA) is 49.4 Å². The molecule has 0 saturated carbocycles. The third kappa shape index (κ3) is 4.20. The zero-order valence-electron chi connectivity index (χ0n) is 13.3. The molecule has 0 radical (unpaired) electrons. The Bertz CT molecular complexity index is 562. The molecule has 2 rings (SSSR count). The van der Waals surface area contributed by atoms with E-state index in [1.165, 1.54) is 0 Å². The molecule has 1 unspecified atom stereocenters. The maximum atomic E-state index is 12.3. The number of rotatable bonds is 6. The maximum absolute atomic E-state index is 12.3. The highest BCUT2D eigenvalue weighted by Gasteiger charge is 2.16. The second-order valence-corrected chi connectivity index (χ2v) is 5.58. The van der Waals surface area contributed by atoms with Crippen LogP contribution in [0, 0.1) is 5.92 Å². The molecule has 118 valence electrons. The average molecular weight is 300 g/mol. The second kappa shape index (κ2) is 7.78. The van der Waals surface area contributed by atoms with E-state index in [4.69, 9.17) is 0 Å². The van der Waals surface area contributed by atoms with Gasteiger partial charge < -0.3 is 10.2 Å². The number of amides is 2. The number of anilines is 1. The number of carbonyl (C=O) groups excluding carboxylic acids is 2. The van der Waals surface area contributed by atoms with Crippen molar-refractivity contribution in [1.82, 2.24) is 4.90 Å². The Balaban J connectivity index is 2.00. The van der Waals surface area contributed by atoms with Crippen molar-refractivity contribution in [2.75, 3.05) is 18.4 Å². The monoisotopic (exact) mass is 300 g/mol. The van der Waals surface area contributed by atoms with Crippen molar-refractivity contribution >= 4 is 17.5 Å². The summed E-state index contributed by atoms with van der Waals surface area (Å²) in [6, 6.07) is 7.17. The van der Waals surface area contributed by atoms with E-state index >= 15 is 0 Å². The zero-order valence-corrected chi connectivity index (χ0v) is 13.3. The van der Waals surface area contributed by atoms with Crippen molar-refractivity contribution < 1.29 is 9.59 Å². The van der Waals surface area contributed by atoms with Gasteiger partial charge in [-0.25, -0.2) is 0 Å². The summed E-state index contributed by atoms with van der Waals surface area (Å²) in [7, 11) is 0. The van der Waals surface area contributed by atoms with Crippen LogP contribution in [0.5, 0.6) is 0 Å². The molecular formula is C18H24N2O2. The molecule has 1 aromatic carbocycles. The fourth-order valence-electron chi connectivity index (χ4n) is 2.74. The van der Waals surface area contributed by atoms with E-state index in [2.05, 4.69) is 17.5 Å². The first-order chi connectivity index (χ1) is 10.6. The van der Waals surface area contributed by atoms with Crippen molar-refractivity contribution in [3.63, 3.8) is 0 Å². The van der Waals surface area contributed by atoms with Gasteiger partial charge in [0.25, 0.3) is 5.91 Å². The molecule has 0 heterocycles. The molecular weight excluding hydrogens is 276 g/mol. The van der Waals surface area contributed by atoms with Gasteiger partial charge in [-0.1, -0.05) is 18.2 Å². The molecule has 0 aromatic heterocycles. The highest BCUT2D eigenvalue weighted by atomic mass is 16.2.